The Bertz CT molecular complexity index is 405. The lowest BCUT2D eigenvalue weighted by atomic mass is 9.98. The first-order valence-electron chi connectivity index (χ1n) is 5.74. The highest BCUT2D eigenvalue weighted by atomic mass is 16.3. The maximum absolute atomic E-state index is 12.1. The minimum atomic E-state index is -0.0330. The van der Waals surface area contributed by atoms with Crippen LogP contribution in [0.3, 0.4) is 0 Å². The third-order valence-electron chi connectivity index (χ3n) is 3.13. The molecule has 4 nitrogen and oxygen atoms in total. The van der Waals surface area contributed by atoms with Crippen molar-refractivity contribution in [2.45, 2.75) is 12.8 Å². The summed E-state index contributed by atoms with van der Waals surface area (Å²) in [7, 11) is 0. The second-order valence-electron chi connectivity index (χ2n) is 4.31. The molecule has 0 aliphatic carbocycles. The van der Waals surface area contributed by atoms with Gasteiger partial charge in [-0.15, -0.1) is 0 Å². The van der Waals surface area contributed by atoms with Crippen LogP contribution in [0.4, 0.5) is 0 Å². The summed E-state index contributed by atoms with van der Waals surface area (Å²) >= 11 is 0. The van der Waals surface area contributed by atoms with E-state index in [4.69, 9.17) is 5.11 Å². The molecule has 1 aliphatic heterocycles. The molecular weight excluding hydrogens is 218 g/mol. The zero-order chi connectivity index (χ0) is 12.3. The lowest BCUT2D eigenvalue weighted by molar-refractivity contribution is -0.112. The Morgan fingerprint density at radius 1 is 1.24 bits per heavy atom. The molecule has 17 heavy (non-hydrogen) atoms. The lowest BCUT2D eigenvalue weighted by Gasteiger charge is -2.29. The van der Waals surface area contributed by atoms with Crippen LogP contribution in [0.1, 0.15) is 23.2 Å². The average molecular weight is 233 g/mol. The van der Waals surface area contributed by atoms with E-state index in [-0.39, 0.29) is 17.6 Å². The van der Waals surface area contributed by atoms with Gasteiger partial charge in [0.15, 0.2) is 0 Å². The molecule has 1 aliphatic rings. The van der Waals surface area contributed by atoms with Crippen molar-refractivity contribution in [3.8, 4) is 5.75 Å². The predicted octanol–water partition coefficient (Wildman–Crippen LogP) is 1.44. The number of carbonyl (C=O) groups excluding carboxylic acids is 2. The number of amides is 1. The predicted molar refractivity (Wildman–Crippen MR) is 62.8 cm³/mol. The van der Waals surface area contributed by atoms with Crippen LogP contribution in [0.5, 0.6) is 5.75 Å². The molecule has 4 heteroatoms. The second kappa shape index (κ2) is 4.99. The Labute approximate surface area is 99.9 Å². The van der Waals surface area contributed by atoms with Gasteiger partial charge in [-0.05, 0) is 37.1 Å². The van der Waals surface area contributed by atoms with Gasteiger partial charge >= 0.3 is 0 Å². The van der Waals surface area contributed by atoms with Crippen molar-refractivity contribution < 1.29 is 14.7 Å². The van der Waals surface area contributed by atoms with E-state index < -0.39 is 0 Å². The van der Waals surface area contributed by atoms with Crippen LogP contribution in [-0.2, 0) is 4.79 Å². The zero-order valence-corrected chi connectivity index (χ0v) is 9.50. The molecule has 1 heterocycles. The molecule has 1 fully saturated rings. The molecular formula is C13H15NO3. The zero-order valence-electron chi connectivity index (χ0n) is 9.50. The third kappa shape index (κ3) is 2.64. The van der Waals surface area contributed by atoms with Gasteiger partial charge in [0.25, 0.3) is 5.91 Å². The molecule has 1 aromatic carbocycles. The standard InChI is InChI=1S/C13H15NO3/c15-9-10-5-7-14(8-6-10)13(17)11-1-3-12(16)4-2-11/h1-4,9-10,16H,5-8H2. The molecule has 0 unspecified atom stereocenters. The lowest BCUT2D eigenvalue weighted by Crippen LogP contribution is -2.38. The number of piperidine rings is 1. The molecule has 1 aromatic rings. The first kappa shape index (κ1) is 11.6. The molecule has 1 saturated heterocycles. The van der Waals surface area contributed by atoms with Crippen molar-refractivity contribution in [1.29, 1.82) is 0 Å². The van der Waals surface area contributed by atoms with Gasteiger partial charge in [0.1, 0.15) is 12.0 Å². The van der Waals surface area contributed by atoms with Crippen molar-refractivity contribution in [3.05, 3.63) is 29.8 Å². The number of rotatable bonds is 2. The Hall–Kier alpha value is -1.84. The van der Waals surface area contributed by atoms with Gasteiger partial charge in [0.05, 0.1) is 0 Å². The van der Waals surface area contributed by atoms with E-state index >= 15 is 0 Å². The van der Waals surface area contributed by atoms with Crippen molar-refractivity contribution in [2.75, 3.05) is 13.1 Å². The van der Waals surface area contributed by atoms with E-state index in [1.54, 1.807) is 17.0 Å². The van der Waals surface area contributed by atoms with Crippen molar-refractivity contribution in [3.63, 3.8) is 0 Å². The smallest absolute Gasteiger partial charge is 0.253 e. The van der Waals surface area contributed by atoms with Gasteiger partial charge in [-0.1, -0.05) is 0 Å². The van der Waals surface area contributed by atoms with Gasteiger partial charge in [-0.3, -0.25) is 4.79 Å². The average Bonchev–Trinajstić information content (AvgIpc) is 2.39. The SMILES string of the molecule is O=CC1CCN(C(=O)c2ccc(O)cc2)CC1. The Balaban J connectivity index is 2.01. The minimum Gasteiger partial charge on any atom is -0.508 e. The van der Waals surface area contributed by atoms with Crippen molar-refractivity contribution >= 4 is 12.2 Å². The Kier molecular flexibility index (Phi) is 3.42. The largest absolute Gasteiger partial charge is 0.508 e. The van der Waals surface area contributed by atoms with Gasteiger partial charge in [0.2, 0.25) is 0 Å². The van der Waals surface area contributed by atoms with Crippen LogP contribution in [0.2, 0.25) is 0 Å². The molecule has 0 bridgehead atoms. The van der Waals surface area contributed by atoms with Crippen LogP contribution < -0.4 is 0 Å². The number of aldehydes is 1. The van der Waals surface area contributed by atoms with E-state index in [9.17, 15) is 9.59 Å². The number of likely N-dealkylation sites (tertiary alicyclic amines) is 1. The summed E-state index contributed by atoms with van der Waals surface area (Å²) in [6.07, 6.45) is 2.46. The summed E-state index contributed by atoms with van der Waals surface area (Å²) in [6, 6.07) is 6.24. The highest BCUT2D eigenvalue weighted by molar-refractivity contribution is 5.94. The molecule has 1 amide bonds. The number of hydrogen-bond donors (Lipinski definition) is 1. The van der Waals surface area contributed by atoms with Crippen LogP contribution in [0.25, 0.3) is 0 Å². The summed E-state index contributed by atoms with van der Waals surface area (Å²) in [5.41, 5.74) is 0.576. The summed E-state index contributed by atoms with van der Waals surface area (Å²) < 4.78 is 0. The fourth-order valence-electron chi connectivity index (χ4n) is 2.03. The summed E-state index contributed by atoms with van der Waals surface area (Å²) in [5.74, 6) is 0.217. The minimum absolute atomic E-state index is 0.0330. The molecule has 2 rings (SSSR count). The van der Waals surface area contributed by atoms with Gasteiger partial charge in [-0.25, -0.2) is 0 Å². The molecule has 0 aromatic heterocycles. The van der Waals surface area contributed by atoms with Crippen LogP contribution in [-0.4, -0.2) is 35.3 Å². The maximum atomic E-state index is 12.1. The first-order valence-corrected chi connectivity index (χ1v) is 5.74. The number of hydrogen-bond acceptors (Lipinski definition) is 3. The van der Waals surface area contributed by atoms with Crippen molar-refractivity contribution in [2.24, 2.45) is 5.92 Å². The number of phenolic OH excluding ortho intramolecular Hbond substituents is 1. The van der Waals surface area contributed by atoms with Gasteiger partial charge in [0, 0.05) is 24.6 Å². The fourth-order valence-corrected chi connectivity index (χ4v) is 2.03. The van der Waals surface area contributed by atoms with E-state index in [2.05, 4.69) is 0 Å². The molecule has 1 N–H and O–H groups in total. The summed E-state index contributed by atoms with van der Waals surface area (Å²) in [4.78, 5) is 24.4. The highest BCUT2D eigenvalue weighted by Gasteiger charge is 2.22. The fraction of sp³-hybridized carbons (Fsp3) is 0.385. The van der Waals surface area contributed by atoms with Crippen molar-refractivity contribution in [1.82, 2.24) is 4.90 Å². The molecule has 0 saturated carbocycles. The third-order valence-corrected chi connectivity index (χ3v) is 3.13. The number of benzene rings is 1. The monoisotopic (exact) mass is 233 g/mol. The molecule has 0 radical (unpaired) electrons. The second-order valence-corrected chi connectivity index (χ2v) is 4.31. The molecule has 90 valence electrons. The van der Waals surface area contributed by atoms with E-state index in [1.807, 2.05) is 0 Å². The normalized spacial score (nSPS) is 16.8. The van der Waals surface area contributed by atoms with Gasteiger partial charge < -0.3 is 14.8 Å². The number of carbonyl (C=O) groups is 2. The number of aromatic hydroxyl groups is 1. The Morgan fingerprint density at radius 3 is 2.35 bits per heavy atom. The molecule has 0 atom stereocenters. The van der Waals surface area contributed by atoms with Gasteiger partial charge in [-0.2, -0.15) is 0 Å². The van der Waals surface area contributed by atoms with Crippen LogP contribution in [0.15, 0.2) is 24.3 Å². The Morgan fingerprint density at radius 2 is 1.82 bits per heavy atom. The summed E-state index contributed by atoms with van der Waals surface area (Å²) in [5, 5.41) is 9.15. The maximum Gasteiger partial charge on any atom is 0.253 e. The van der Waals surface area contributed by atoms with Crippen LogP contribution >= 0.6 is 0 Å². The number of nitrogens with zero attached hydrogens (tertiary/aromatic N) is 1. The number of phenols is 1. The van der Waals surface area contributed by atoms with E-state index in [1.165, 1.54) is 12.1 Å². The van der Waals surface area contributed by atoms with Crippen LogP contribution in [0, 0.1) is 5.92 Å². The first-order chi connectivity index (χ1) is 8.20. The van der Waals surface area contributed by atoms with E-state index in [0.717, 1.165) is 19.1 Å². The quantitative estimate of drug-likeness (QED) is 0.786. The molecule has 0 spiro atoms. The topological polar surface area (TPSA) is 57.6 Å². The summed E-state index contributed by atoms with van der Waals surface area (Å²) in [6.45, 7) is 1.26. The van der Waals surface area contributed by atoms with E-state index in [0.29, 0.717) is 18.7 Å². The highest BCUT2D eigenvalue weighted by Crippen LogP contribution is 2.18.